The van der Waals surface area contributed by atoms with E-state index in [2.05, 4.69) is 81.4 Å². The Balaban J connectivity index is 1.54. The standard InChI is InChI=1S/C29H34O3Si/c1-28(2,3)33(26-15-9-5-10-16-26,27-17-11-6-12-18-27)32-23-29(22-30)19-25(20-29)31-21-24-13-7-4-8-14-24/h4-18,22,25H,19-21,23H2,1-3H3. The summed E-state index contributed by atoms with van der Waals surface area (Å²) in [5.41, 5.74) is 0.679. The molecule has 3 aromatic rings. The van der Waals surface area contributed by atoms with Crippen LogP contribution in [0.4, 0.5) is 0 Å². The molecule has 0 amide bonds. The van der Waals surface area contributed by atoms with E-state index in [1.54, 1.807) is 0 Å². The first-order valence-electron chi connectivity index (χ1n) is 11.8. The second-order valence-corrected chi connectivity index (χ2v) is 14.6. The molecule has 0 aromatic heterocycles. The van der Waals surface area contributed by atoms with E-state index < -0.39 is 13.7 Å². The van der Waals surface area contributed by atoms with Crippen LogP contribution in [-0.2, 0) is 20.6 Å². The maximum absolute atomic E-state index is 12.2. The number of benzene rings is 3. The predicted octanol–water partition coefficient (Wildman–Crippen LogP) is 5.13. The van der Waals surface area contributed by atoms with Crippen molar-refractivity contribution in [3.8, 4) is 0 Å². The normalized spacial score (nSPS) is 20.8. The minimum absolute atomic E-state index is 0.0955. The van der Waals surface area contributed by atoms with Gasteiger partial charge in [-0.2, -0.15) is 0 Å². The molecule has 3 aromatic carbocycles. The second-order valence-electron chi connectivity index (χ2n) is 10.3. The smallest absolute Gasteiger partial charge is 0.261 e. The van der Waals surface area contributed by atoms with Crippen molar-refractivity contribution in [1.82, 2.24) is 0 Å². The van der Waals surface area contributed by atoms with Crippen LogP contribution in [0.5, 0.6) is 0 Å². The largest absolute Gasteiger partial charge is 0.406 e. The molecule has 1 aliphatic carbocycles. The van der Waals surface area contributed by atoms with E-state index in [9.17, 15) is 4.79 Å². The van der Waals surface area contributed by atoms with Gasteiger partial charge in [0.15, 0.2) is 0 Å². The third-order valence-electron chi connectivity index (χ3n) is 6.84. The Morgan fingerprint density at radius 1 is 0.848 bits per heavy atom. The summed E-state index contributed by atoms with van der Waals surface area (Å²) in [7, 11) is -2.65. The first-order chi connectivity index (χ1) is 15.9. The van der Waals surface area contributed by atoms with Gasteiger partial charge in [0.1, 0.15) is 6.29 Å². The average molecular weight is 459 g/mol. The average Bonchev–Trinajstić information content (AvgIpc) is 2.81. The molecule has 33 heavy (non-hydrogen) atoms. The van der Waals surface area contributed by atoms with Gasteiger partial charge in [0, 0.05) is 6.61 Å². The number of hydrogen-bond donors (Lipinski definition) is 0. The highest BCUT2D eigenvalue weighted by atomic mass is 28.4. The van der Waals surface area contributed by atoms with Gasteiger partial charge in [0.05, 0.1) is 18.1 Å². The predicted molar refractivity (Wildman–Crippen MR) is 136 cm³/mol. The Morgan fingerprint density at radius 2 is 1.33 bits per heavy atom. The molecule has 0 unspecified atom stereocenters. The van der Waals surface area contributed by atoms with Gasteiger partial charge in [-0.25, -0.2) is 0 Å². The van der Waals surface area contributed by atoms with Crippen LogP contribution in [0.25, 0.3) is 0 Å². The number of aldehydes is 1. The van der Waals surface area contributed by atoms with Gasteiger partial charge in [-0.15, -0.1) is 0 Å². The summed E-state index contributed by atoms with van der Waals surface area (Å²) < 4.78 is 13.1. The first kappa shape index (κ1) is 23.6. The number of carbonyl (C=O) groups is 1. The Kier molecular flexibility index (Phi) is 6.98. The maximum atomic E-state index is 12.2. The zero-order chi connectivity index (χ0) is 23.4. The Hall–Kier alpha value is -2.53. The molecule has 0 atom stereocenters. The molecule has 0 radical (unpaired) electrons. The van der Waals surface area contributed by atoms with E-state index >= 15 is 0 Å². The Bertz CT molecular complexity index is 983. The highest BCUT2D eigenvalue weighted by Gasteiger charge is 2.53. The zero-order valence-electron chi connectivity index (χ0n) is 19.9. The summed E-state index contributed by atoms with van der Waals surface area (Å²) in [4.78, 5) is 12.2. The van der Waals surface area contributed by atoms with E-state index in [0.717, 1.165) is 11.8 Å². The van der Waals surface area contributed by atoms with Crippen LogP contribution in [0.2, 0.25) is 5.04 Å². The summed E-state index contributed by atoms with van der Waals surface area (Å²) >= 11 is 0. The lowest BCUT2D eigenvalue weighted by Gasteiger charge is -2.48. The molecule has 4 rings (SSSR count). The fraction of sp³-hybridized carbons (Fsp3) is 0.345. The summed E-state index contributed by atoms with van der Waals surface area (Å²) in [5.74, 6) is 0. The van der Waals surface area contributed by atoms with Crippen molar-refractivity contribution in [2.24, 2.45) is 5.41 Å². The molecule has 1 saturated carbocycles. The maximum Gasteiger partial charge on any atom is 0.261 e. The van der Waals surface area contributed by atoms with Crippen LogP contribution in [0.3, 0.4) is 0 Å². The molecule has 4 heteroatoms. The van der Waals surface area contributed by atoms with Crippen molar-refractivity contribution in [2.75, 3.05) is 6.61 Å². The van der Waals surface area contributed by atoms with E-state index in [-0.39, 0.29) is 11.1 Å². The molecule has 0 heterocycles. The quantitative estimate of drug-likeness (QED) is 0.329. The molecular weight excluding hydrogens is 424 g/mol. The molecule has 172 valence electrons. The molecular formula is C29H34O3Si. The molecule has 0 N–H and O–H groups in total. The molecule has 3 nitrogen and oxygen atoms in total. The van der Waals surface area contributed by atoms with E-state index in [0.29, 0.717) is 26.1 Å². The summed E-state index contributed by atoms with van der Waals surface area (Å²) in [6.45, 7) is 7.79. The third-order valence-corrected chi connectivity index (χ3v) is 11.8. The SMILES string of the molecule is CC(C)(C)[Si](OCC1(C=O)CC(OCc2ccccc2)C1)(c1ccccc1)c1ccccc1. The first-order valence-corrected chi connectivity index (χ1v) is 13.7. The highest BCUT2D eigenvalue weighted by molar-refractivity contribution is 6.99. The minimum atomic E-state index is -2.65. The van der Waals surface area contributed by atoms with Crippen LogP contribution in [0, 0.1) is 5.41 Å². The lowest BCUT2D eigenvalue weighted by atomic mass is 9.68. The Morgan fingerprint density at radius 3 is 1.79 bits per heavy atom. The van der Waals surface area contributed by atoms with Gasteiger partial charge >= 0.3 is 0 Å². The highest BCUT2D eigenvalue weighted by Crippen LogP contribution is 2.44. The van der Waals surface area contributed by atoms with Crippen LogP contribution in [0.1, 0.15) is 39.2 Å². The van der Waals surface area contributed by atoms with Gasteiger partial charge in [0.2, 0.25) is 0 Å². The molecule has 0 saturated heterocycles. The van der Waals surface area contributed by atoms with Crippen LogP contribution in [0.15, 0.2) is 91.0 Å². The zero-order valence-corrected chi connectivity index (χ0v) is 20.9. The van der Waals surface area contributed by atoms with E-state index in [1.807, 2.05) is 30.3 Å². The molecule has 0 spiro atoms. The number of ether oxygens (including phenoxy) is 1. The lowest BCUT2D eigenvalue weighted by molar-refractivity contribution is -0.140. The van der Waals surface area contributed by atoms with Gasteiger partial charge in [-0.3, -0.25) is 0 Å². The van der Waals surface area contributed by atoms with Gasteiger partial charge in [-0.1, -0.05) is 112 Å². The summed E-state index contributed by atoms with van der Waals surface area (Å²) in [6, 6.07) is 31.4. The van der Waals surface area contributed by atoms with Gasteiger partial charge in [0.25, 0.3) is 8.32 Å². The van der Waals surface area contributed by atoms with Crippen molar-refractivity contribution in [3.05, 3.63) is 96.6 Å². The monoisotopic (exact) mass is 458 g/mol. The van der Waals surface area contributed by atoms with Crippen molar-refractivity contribution < 1.29 is 14.0 Å². The summed E-state index contributed by atoms with van der Waals surface area (Å²) in [6.07, 6.45) is 2.62. The van der Waals surface area contributed by atoms with Gasteiger partial charge in [-0.05, 0) is 33.8 Å². The van der Waals surface area contributed by atoms with Crippen LogP contribution in [-0.4, -0.2) is 27.3 Å². The van der Waals surface area contributed by atoms with Gasteiger partial charge < -0.3 is 14.0 Å². The molecule has 1 aliphatic rings. The second kappa shape index (κ2) is 9.76. The number of hydrogen-bond acceptors (Lipinski definition) is 3. The minimum Gasteiger partial charge on any atom is -0.406 e. The topological polar surface area (TPSA) is 35.5 Å². The fourth-order valence-corrected chi connectivity index (χ4v) is 9.67. The van der Waals surface area contributed by atoms with E-state index in [1.165, 1.54) is 10.4 Å². The van der Waals surface area contributed by atoms with Crippen molar-refractivity contribution in [2.45, 2.75) is 51.4 Å². The molecule has 1 fully saturated rings. The Labute approximate surface area is 198 Å². The molecule has 0 aliphatic heterocycles. The van der Waals surface area contributed by atoms with Crippen LogP contribution >= 0.6 is 0 Å². The molecule has 0 bridgehead atoms. The lowest BCUT2D eigenvalue weighted by Crippen LogP contribution is -2.67. The van der Waals surface area contributed by atoms with Crippen molar-refractivity contribution in [1.29, 1.82) is 0 Å². The van der Waals surface area contributed by atoms with E-state index in [4.69, 9.17) is 9.16 Å². The fourth-order valence-electron chi connectivity index (χ4n) is 5.01. The van der Waals surface area contributed by atoms with Crippen molar-refractivity contribution in [3.63, 3.8) is 0 Å². The summed E-state index contributed by atoms with van der Waals surface area (Å²) in [5, 5.41) is 2.37. The van der Waals surface area contributed by atoms with Crippen LogP contribution < -0.4 is 10.4 Å². The number of carbonyl (C=O) groups excluding carboxylic acids is 1. The van der Waals surface area contributed by atoms with Crippen molar-refractivity contribution >= 4 is 25.0 Å². The number of rotatable bonds is 9. The third kappa shape index (κ3) is 4.88.